The lowest BCUT2D eigenvalue weighted by atomic mass is 10.1. The number of hydrogen-bond acceptors (Lipinski definition) is 4. The molecule has 31 heavy (non-hydrogen) atoms. The molecule has 0 saturated heterocycles. The van der Waals surface area contributed by atoms with Crippen LogP contribution in [0.4, 0.5) is 11.4 Å². The van der Waals surface area contributed by atoms with E-state index in [1.165, 1.54) is 12.3 Å². The number of carbonyl (C=O) groups is 1. The molecule has 0 radical (unpaired) electrons. The lowest BCUT2D eigenvalue weighted by Gasteiger charge is -2.09. The van der Waals surface area contributed by atoms with E-state index >= 15 is 0 Å². The number of nitrogens with zero attached hydrogens (tertiary/aromatic N) is 1. The SMILES string of the molecule is O=C(O)c1ccc(C#Cc2ccccc2Nc2cccc3c2oc2ccccc23)cn1. The Morgan fingerprint density at radius 2 is 1.61 bits per heavy atom. The lowest BCUT2D eigenvalue weighted by molar-refractivity contribution is 0.0690. The average molecular weight is 404 g/mol. The summed E-state index contributed by atoms with van der Waals surface area (Å²) >= 11 is 0. The number of carboxylic acid groups (broad SMARTS) is 1. The fraction of sp³-hybridized carbons (Fsp3) is 0. The molecule has 5 nitrogen and oxygen atoms in total. The van der Waals surface area contributed by atoms with Gasteiger partial charge in [-0.1, -0.05) is 54.3 Å². The van der Waals surface area contributed by atoms with Gasteiger partial charge in [0.2, 0.25) is 0 Å². The molecule has 0 spiro atoms. The average Bonchev–Trinajstić information content (AvgIpc) is 3.19. The van der Waals surface area contributed by atoms with Crippen molar-refractivity contribution in [2.45, 2.75) is 0 Å². The third-order valence-electron chi connectivity index (χ3n) is 4.92. The van der Waals surface area contributed by atoms with Crippen LogP contribution in [0.1, 0.15) is 21.6 Å². The first-order valence-corrected chi connectivity index (χ1v) is 9.67. The van der Waals surface area contributed by atoms with Crippen LogP contribution in [0, 0.1) is 11.8 Å². The number of benzene rings is 3. The van der Waals surface area contributed by atoms with E-state index in [9.17, 15) is 4.79 Å². The number of carboxylic acids is 1. The van der Waals surface area contributed by atoms with E-state index in [1.807, 2.05) is 66.7 Å². The molecule has 0 aliphatic heterocycles. The molecule has 0 atom stereocenters. The van der Waals surface area contributed by atoms with Crippen LogP contribution in [0.15, 0.2) is 89.5 Å². The van der Waals surface area contributed by atoms with Crippen molar-refractivity contribution in [2.75, 3.05) is 5.32 Å². The zero-order chi connectivity index (χ0) is 21.2. The quantitative estimate of drug-likeness (QED) is 0.371. The van der Waals surface area contributed by atoms with Crippen molar-refractivity contribution in [1.29, 1.82) is 0 Å². The van der Waals surface area contributed by atoms with Crippen LogP contribution in [0.25, 0.3) is 21.9 Å². The van der Waals surface area contributed by atoms with Crippen LogP contribution in [0.2, 0.25) is 0 Å². The number of aromatic carboxylic acids is 1. The molecule has 2 aromatic heterocycles. The van der Waals surface area contributed by atoms with Gasteiger partial charge in [0.15, 0.2) is 5.58 Å². The monoisotopic (exact) mass is 404 g/mol. The molecular weight excluding hydrogens is 388 g/mol. The van der Waals surface area contributed by atoms with E-state index in [0.29, 0.717) is 5.56 Å². The zero-order valence-electron chi connectivity index (χ0n) is 16.3. The predicted octanol–water partition coefficient (Wildman–Crippen LogP) is 5.82. The van der Waals surface area contributed by atoms with Crippen molar-refractivity contribution >= 4 is 39.3 Å². The number of anilines is 2. The first-order chi connectivity index (χ1) is 15.2. The van der Waals surface area contributed by atoms with Crippen molar-refractivity contribution in [3.05, 3.63) is 102 Å². The summed E-state index contributed by atoms with van der Waals surface area (Å²) < 4.78 is 6.10. The summed E-state index contributed by atoms with van der Waals surface area (Å²) in [6.07, 6.45) is 1.46. The first kappa shape index (κ1) is 18.5. The van der Waals surface area contributed by atoms with Crippen LogP contribution in [-0.2, 0) is 0 Å². The summed E-state index contributed by atoms with van der Waals surface area (Å²) in [7, 11) is 0. The molecular formula is C26H16N2O3. The molecule has 2 heterocycles. The van der Waals surface area contributed by atoms with E-state index in [0.717, 1.165) is 38.9 Å². The number of fused-ring (bicyclic) bond motifs is 3. The third kappa shape index (κ3) is 3.59. The van der Waals surface area contributed by atoms with E-state index in [-0.39, 0.29) is 5.69 Å². The highest BCUT2D eigenvalue weighted by molar-refractivity contribution is 6.09. The van der Waals surface area contributed by atoms with E-state index < -0.39 is 5.97 Å². The Bertz CT molecular complexity index is 1490. The Balaban J connectivity index is 1.50. The molecule has 5 heteroatoms. The molecule has 2 N–H and O–H groups in total. The van der Waals surface area contributed by atoms with Gasteiger partial charge in [0.05, 0.1) is 11.4 Å². The minimum Gasteiger partial charge on any atom is -0.477 e. The molecule has 0 unspecified atom stereocenters. The Labute approximate surface area is 178 Å². The minimum atomic E-state index is -1.06. The summed E-state index contributed by atoms with van der Waals surface area (Å²) in [6, 6.07) is 24.8. The number of aromatic nitrogens is 1. The van der Waals surface area contributed by atoms with E-state index in [2.05, 4.69) is 22.1 Å². The fourth-order valence-electron chi connectivity index (χ4n) is 3.43. The van der Waals surface area contributed by atoms with Gasteiger partial charge in [0, 0.05) is 28.1 Å². The normalized spacial score (nSPS) is 10.6. The van der Waals surface area contributed by atoms with Crippen molar-refractivity contribution < 1.29 is 14.3 Å². The van der Waals surface area contributed by atoms with Crippen molar-refractivity contribution in [3.63, 3.8) is 0 Å². The van der Waals surface area contributed by atoms with E-state index in [1.54, 1.807) is 6.07 Å². The molecule has 3 aromatic carbocycles. The van der Waals surface area contributed by atoms with Gasteiger partial charge in [-0.25, -0.2) is 9.78 Å². The molecule has 0 aliphatic rings. The number of pyridine rings is 1. The van der Waals surface area contributed by atoms with Gasteiger partial charge in [-0.15, -0.1) is 0 Å². The molecule has 0 fully saturated rings. The summed E-state index contributed by atoms with van der Waals surface area (Å²) in [6.45, 7) is 0. The largest absolute Gasteiger partial charge is 0.477 e. The number of nitrogens with one attached hydrogen (secondary N) is 1. The first-order valence-electron chi connectivity index (χ1n) is 9.67. The maximum absolute atomic E-state index is 10.9. The van der Waals surface area contributed by atoms with Crippen LogP contribution >= 0.6 is 0 Å². The number of para-hydroxylation sites is 3. The van der Waals surface area contributed by atoms with Crippen LogP contribution in [0.3, 0.4) is 0 Å². The summed E-state index contributed by atoms with van der Waals surface area (Å²) in [5.41, 5.74) is 4.77. The topological polar surface area (TPSA) is 75.4 Å². The Hall–Kier alpha value is -4.56. The summed E-state index contributed by atoms with van der Waals surface area (Å²) in [4.78, 5) is 14.9. The highest BCUT2D eigenvalue weighted by atomic mass is 16.4. The van der Waals surface area contributed by atoms with Crippen molar-refractivity contribution in [1.82, 2.24) is 4.98 Å². The third-order valence-corrected chi connectivity index (χ3v) is 4.92. The van der Waals surface area contributed by atoms with Gasteiger partial charge in [-0.3, -0.25) is 0 Å². The zero-order valence-corrected chi connectivity index (χ0v) is 16.3. The van der Waals surface area contributed by atoms with Crippen LogP contribution < -0.4 is 5.32 Å². The highest BCUT2D eigenvalue weighted by Crippen LogP contribution is 2.34. The molecule has 0 amide bonds. The van der Waals surface area contributed by atoms with Gasteiger partial charge < -0.3 is 14.8 Å². The van der Waals surface area contributed by atoms with Gasteiger partial charge >= 0.3 is 5.97 Å². The lowest BCUT2D eigenvalue weighted by Crippen LogP contribution is -1.99. The molecule has 0 bridgehead atoms. The maximum Gasteiger partial charge on any atom is 0.354 e. The maximum atomic E-state index is 10.9. The number of hydrogen-bond donors (Lipinski definition) is 2. The van der Waals surface area contributed by atoms with Gasteiger partial charge in [-0.05, 0) is 36.4 Å². The highest BCUT2D eigenvalue weighted by Gasteiger charge is 2.11. The van der Waals surface area contributed by atoms with Crippen molar-refractivity contribution in [2.24, 2.45) is 0 Å². The van der Waals surface area contributed by atoms with E-state index in [4.69, 9.17) is 9.52 Å². The molecule has 5 aromatic rings. The second-order valence-corrected chi connectivity index (χ2v) is 6.94. The van der Waals surface area contributed by atoms with Gasteiger partial charge in [-0.2, -0.15) is 0 Å². The van der Waals surface area contributed by atoms with Gasteiger partial charge in [0.25, 0.3) is 0 Å². The second kappa shape index (κ2) is 7.69. The summed E-state index contributed by atoms with van der Waals surface area (Å²) in [5, 5.41) is 14.5. The predicted molar refractivity (Wildman–Crippen MR) is 121 cm³/mol. The van der Waals surface area contributed by atoms with Gasteiger partial charge in [0.1, 0.15) is 11.3 Å². The number of rotatable bonds is 3. The molecule has 0 saturated carbocycles. The molecule has 0 aliphatic carbocycles. The number of furan rings is 1. The Morgan fingerprint density at radius 3 is 2.45 bits per heavy atom. The van der Waals surface area contributed by atoms with Crippen LogP contribution in [-0.4, -0.2) is 16.1 Å². The summed E-state index contributed by atoms with van der Waals surface area (Å²) in [5.74, 6) is 5.12. The van der Waals surface area contributed by atoms with Crippen LogP contribution in [0.5, 0.6) is 0 Å². The van der Waals surface area contributed by atoms with Crippen molar-refractivity contribution in [3.8, 4) is 11.8 Å². The second-order valence-electron chi connectivity index (χ2n) is 6.94. The minimum absolute atomic E-state index is 0.00783. The molecule has 148 valence electrons. The standard InChI is InChI=1S/C26H16N2O3/c29-26(30)23-15-13-17(16-27-23)12-14-18-6-1-3-9-21(18)28-22-10-5-8-20-19-7-2-4-11-24(19)31-25(20)22/h1-11,13,15-16,28H,(H,29,30). The molecule has 5 rings (SSSR count). The fourth-order valence-corrected chi connectivity index (χ4v) is 3.43. The smallest absolute Gasteiger partial charge is 0.354 e. The Kier molecular flexibility index (Phi) is 4.58. The Morgan fingerprint density at radius 1 is 0.839 bits per heavy atom.